The lowest BCUT2D eigenvalue weighted by Crippen LogP contribution is -2.10. The third kappa shape index (κ3) is 4.81. The molecule has 0 saturated carbocycles. The molecule has 0 saturated heterocycles. The number of nitrogens with zero attached hydrogens (tertiary/aromatic N) is 4. The quantitative estimate of drug-likeness (QED) is 0.332. The minimum Gasteiger partial charge on any atom is -0.416 e. The van der Waals surface area contributed by atoms with Gasteiger partial charge in [0.15, 0.2) is 0 Å². The number of aryl methyl sites for hydroxylation is 1. The van der Waals surface area contributed by atoms with Crippen LogP contribution in [0.2, 0.25) is 0 Å². The molecule has 3 aromatic heterocycles. The van der Waals surface area contributed by atoms with Gasteiger partial charge in [-0.05, 0) is 63.7 Å². The molecule has 172 valence electrons. The van der Waals surface area contributed by atoms with Gasteiger partial charge in [0.05, 0.1) is 22.3 Å². The number of hydrogen-bond acceptors (Lipinski definition) is 8. The Morgan fingerprint density at radius 3 is 2.30 bits per heavy atom. The van der Waals surface area contributed by atoms with E-state index in [1.54, 1.807) is 32.2 Å². The number of pyridine rings is 2. The molecule has 8 nitrogen and oxygen atoms in total. The standard InChI is InChI=1S/C24H27N5O3S/c1-15(2)33(30,31)20-9-10-22(27-14-20)19-11-21(16(3)26-13-19)24-29-28-23(32-24)18-7-5-17(6-8-18)12-25-4/h5-11,13-15,25,30-31H,12H2,1-4H3. The topological polar surface area (TPSA) is 117 Å². The smallest absolute Gasteiger partial charge is 0.250 e. The van der Waals surface area contributed by atoms with E-state index in [9.17, 15) is 9.11 Å². The molecule has 0 radical (unpaired) electrons. The first kappa shape index (κ1) is 23.1. The van der Waals surface area contributed by atoms with Crippen molar-refractivity contribution in [2.75, 3.05) is 7.05 Å². The van der Waals surface area contributed by atoms with E-state index in [0.29, 0.717) is 22.4 Å². The second kappa shape index (κ2) is 9.40. The molecule has 3 N–H and O–H groups in total. The second-order valence-electron chi connectivity index (χ2n) is 8.02. The van der Waals surface area contributed by atoms with Crippen molar-refractivity contribution in [1.29, 1.82) is 0 Å². The van der Waals surface area contributed by atoms with E-state index in [0.717, 1.165) is 28.9 Å². The van der Waals surface area contributed by atoms with E-state index in [1.165, 1.54) is 11.8 Å². The number of nitrogens with one attached hydrogen (secondary N) is 1. The molecule has 1 aromatic carbocycles. The Balaban J connectivity index is 1.62. The maximum Gasteiger partial charge on any atom is 0.250 e. The molecule has 0 spiro atoms. The van der Waals surface area contributed by atoms with Crippen molar-refractivity contribution < 1.29 is 13.5 Å². The molecule has 9 heteroatoms. The fourth-order valence-electron chi connectivity index (χ4n) is 3.31. The molecule has 0 unspecified atom stereocenters. The zero-order chi connectivity index (χ0) is 23.6. The van der Waals surface area contributed by atoms with E-state index in [2.05, 4.69) is 25.5 Å². The molecule has 0 amide bonds. The Hall–Kier alpha value is -3.11. The Bertz CT molecular complexity index is 1240. The number of rotatable bonds is 7. The lowest BCUT2D eigenvalue weighted by Gasteiger charge is -2.36. The Morgan fingerprint density at radius 2 is 1.67 bits per heavy atom. The van der Waals surface area contributed by atoms with Crippen molar-refractivity contribution in [1.82, 2.24) is 25.5 Å². The first-order valence-corrected chi connectivity index (χ1v) is 12.2. The predicted molar refractivity (Wildman–Crippen MR) is 130 cm³/mol. The van der Waals surface area contributed by atoms with Crippen molar-refractivity contribution in [3.63, 3.8) is 0 Å². The zero-order valence-electron chi connectivity index (χ0n) is 19.0. The average molecular weight is 466 g/mol. The molecule has 4 rings (SSSR count). The fraction of sp³-hybridized carbons (Fsp3) is 0.250. The van der Waals surface area contributed by atoms with E-state index < -0.39 is 10.6 Å². The highest BCUT2D eigenvalue weighted by molar-refractivity contribution is 8.24. The van der Waals surface area contributed by atoms with Crippen LogP contribution in [0, 0.1) is 6.92 Å². The molecule has 0 aliphatic rings. The summed E-state index contributed by atoms with van der Waals surface area (Å²) in [6, 6.07) is 13.3. The molecule has 0 aliphatic carbocycles. The van der Waals surface area contributed by atoms with Gasteiger partial charge in [0.2, 0.25) is 11.8 Å². The SMILES string of the molecule is CNCc1ccc(-c2nnc(-c3cc(-c4ccc(S(O)(O)C(C)C)cn4)cnc3C)o2)cc1. The summed E-state index contributed by atoms with van der Waals surface area (Å²) in [5, 5.41) is 11.3. The van der Waals surface area contributed by atoms with Gasteiger partial charge in [-0.3, -0.25) is 19.1 Å². The largest absolute Gasteiger partial charge is 0.416 e. The van der Waals surface area contributed by atoms with Crippen LogP contribution in [0.3, 0.4) is 0 Å². The summed E-state index contributed by atoms with van der Waals surface area (Å²) < 4.78 is 26.7. The van der Waals surface area contributed by atoms with Gasteiger partial charge in [0.1, 0.15) is 0 Å². The maximum absolute atomic E-state index is 10.3. The minimum atomic E-state index is -2.88. The van der Waals surface area contributed by atoms with Crippen molar-refractivity contribution in [2.45, 2.75) is 37.5 Å². The highest BCUT2D eigenvalue weighted by Crippen LogP contribution is 2.51. The molecule has 0 fully saturated rings. The average Bonchev–Trinajstić information content (AvgIpc) is 3.30. The predicted octanol–water partition coefficient (Wildman–Crippen LogP) is 5.41. The normalized spacial score (nSPS) is 12.3. The molecule has 0 atom stereocenters. The van der Waals surface area contributed by atoms with Gasteiger partial charge < -0.3 is 9.73 Å². The Morgan fingerprint density at radius 1 is 0.939 bits per heavy atom. The number of hydrogen-bond donors (Lipinski definition) is 3. The van der Waals surface area contributed by atoms with Gasteiger partial charge >= 0.3 is 0 Å². The maximum atomic E-state index is 10.3. The van der Waals surface area contributed by atoms with Crippen LogP contribution >= 0.6 is 10.6 Å². The number of benzene rings is 1. The van der Waals surface area contributed by atoms with E-state index in [1.807, 2.05) is 44.3 Å². The summed E-state index contributed by atoms with van der Waals surface area (Å²) in [6.07, 6.45) is 3.23. The monoisotopic (exact) mass is 465 g/mol. The summed E-state index contributed by atoms with van der Waals surface area (Å²) in [5.41, 5.74) is 4.91. The summed E-state index contributed by atoms with van der Waals surface area (Å²) in [6.45, 7) is 6.21. The first-order chi connectivity index (χ1) is 15.8. The van der Waals surface area contributed by atoms with Gasteiger partial charge in [0, 0.05) is 34.8 Å². The molecule has 0 aliphatic heterocycles. The van der Waals surface area contributed by atoms with Crippen LogP contribution in [0.5, 0.6) is 0 Å². The molecule has 33 heavy (non-hydrogen) atoms. The molecular formula is C24H27N5O3S. The molecule has 4 aromatic rings. The lowest BCUT2D eigenvalue weighted by molar-refractivity contribution is 0.476. The third-order valence-corrected chi connectivity index (χ3v) is 7.61. The van der Waals surface area contributed by atoms with Crippen LogP contribution in [-0.4, -0.2) is 41.6 Å². The molecular weight excluding hydrogens is 438 g/mol. The van der Waals surface area contributed by atoms with Crippen molar-refractivity contribution in [2.24, 2.45) is 0 Å². The van der Waals surface area contributed by atoms with Gasteiger partial charge in [-0.2, -0.15) is 10.6 Å². The van der Waals surface area contributed by atoms with Gasteiger partial charge in [0.25, 0.3) is 0 Å². The van der Waals surface area contributed by atoms with Gasteiger partial charge in [-0.15, -0.1) is 10.2 Å². The zero-order valence-corrected chi connectivity index (χ0v) is 19.8. The van der Waals surface area contributed by atoms with Crippen molar-refractivity contribution >= 4 is 10.6 Å². The minimum absolute atomic E-state index is 0.288. The highest BCUT2D eigenvalue weighted by Gasteiger charge is 2.21. The summed E-state index contributed by atoms with van der Waals surface area (Å²) in [4.78, 5) is 9.32. The van der Waals surface area contributed by atoms with Crippen molar-refractivity contribution in [3.05, 3.63) is 66.1 Å². The van der Waals surface area contributed by atoms with Crippen LogP contribution in [0.1, 0.15) is 25.1 Å². The lowest BCUT2D eigenvalue weighted by atomic mass is 10.1. The summed E-state index contributed by atoms with van der Waals surface area (Å²) >= 11 is 0. The summed E-state index contributed by atoms with van der Waals surface area (Å²) in [5.74, 6) is 0.814. The van der Waals surface area contributed by atoms with E-state index in [4.69, 9.17) is 4.42 Å². The Labute approximate surface area is 194 Å². The summed E-state index contributed by atoms with van der Waals surface area (Å²) in [7, 11) is -0.970. The third-order valence-electron chi connectivity index (χ3n) is 5.36. The van der Waals surface area contributed by atoms with Gasteiger partial charge in [-0.1, -0.05) is 12.1 Å². The van der Waals surface area contributed by atoms with Crippen LogP contribution in [0.4, 0.5) is 0 Å². The van der Waals surface area contributed by atoms with Crippen LogP contribution in [0.15, 0.2) is 64.2 Å². The van der Waals surface area contributed by atoms with Crippen LogP contribution in [0.25, 0.3) is 34.2 Å². The van der Waals surface area contributed by atoms with E-state index in [-0.39, 0.29) is 5.25 Å². The highest BCUT2D eigenvalue weighted by atomic mass is 32.3. The van der Waals surface area contributed by atoms with Crippen LogP contribution < -0.4 is 5.32 Å². The molecule has 3 heterocycles. The van der Waals surface area contributed by atoms with Crippen molar-refractivity contribution in [3.8, 4) is 34.2 Å². The molecule has 0 bridgehead atoms. The fourth-order valence-corrected chi connectivity index (χ4v) is 4.33. The van der Waals surface area contributed by atoms with Gasteiger partial charge in [-0.25, -0.2) is 0 Å². The number of aromatic nitrogens is 4. The van der Waals surface area contributed by atoms with Crippen LogP contribution in [-0.2, 0) is 6.54 Å². The second-order valence-corrected chi connectivity index (χ2v) is 10.6. The van der Waals surface area contributed by atoms with E-state index >= 15 is 0 Å². The first-order valence-electron chi connectivity index (χ1n) is 10.6. The Kier molecular flexibility index (Phi) is 6.57.